The van der Waals surface area contributed by atoms with Crippen molar-refractivity contribution in [1.82, 2.24) is 0 Å². The van der Waals surface area contributed by atoms with Gasteiger partial charge in [-0.25, -0.2) is 33.6 Å². The van der Waals surface area contributed by atoms with Crippen LogP contribution >= 0.6 is 0 Å². The molecule has 14 heteroatoms. The van der Waals surface area contributed by atoms with Gasteiger partial charge in [-0.2, -0.15) is 0 Å². The highest BCUT2D eigenvalue weighted by Crippen LogP contribution is 2.28. The molecule has 0 radical (unpaired) electrons. The first kappa shape index (κ1) is 36.1. The third-order valence-corrected chi connectivity index (χ3v) is 7.91. The van der Waals surface area contributed by atoms with Crippen molar-refractivity contribution < 1.29 is 62.0 Å². The van der Waals surface area contributed by atoms with Gasteiger partial charge in [-0.1, -0.05) is 36.9 Å². The topological polar surface area (TPSA) is 195 Å². The van der Waals surface area contributed by atoms with E-state index >= 15 is 0 Å². The lowest BCUT2D eigenvalue weighted by molar-refractivity contribution is -0.151. The zero-order valence-electron chi connectivity index (χ0n) is 28.0. The Kier molecular flexibility index (Phi) is 10.2. The molecule has 0 fully saturated rings. The number of ether oxygens (including phenoxy) is 5. The highest BCUT2D eigenvalue weighted by atomic mass is 16.6. The van der Waals surface area contributed by atoms with Crippen LogP contribution in [0.5, 0.6) is 11.5 Å². The van der Waals surface area contributed by atoms with Crippen LogP contribution in [0.25, 0.3) is 0 Å². The zero-order valence-corrected chi connectivity index (χ0v) is 28.0. The summed E-state index contributed by atoms with van der Waals surface area (Å²) in [5.41, 5.74) is 0.539. The number of amides is 1. The van der Waals surface area contributed by atoms with Crippen molar-refractivity contribution >= 4 is 53.4 Å². The lowest BCUT2D eigenvalue weighted by Gasteiger charge is -2.13. The monoisotopic (exact) mass is 727 g/mol. The minimum absolute atomic E-state index is 0.0159. The van der Waals surface area contributed by atoms with Crippen LogP contribution in [-0.2, 0) is 35.2 Å². The number of nitrogens with one attached hydrogen (secondary N) is 1. The highest BCUT2D eigenvalue weighted by Gasteiger charge is 2.31. The Labute approximate surface area is 305 Å². The number of hydrogen-bond acceptors (Lipinski definition) is 13. The molecule has 54 heavy (non-hydrogen) atoms. The number of benzene rings is 4. The third-order valence-electron chi connectivity index (χ3n) is 7.91. The van der Waals surface area contributed by atoms with Gasteiger partial charge in [0.25, 0.3) is 5.91 Å². The third kappa shape index (κ3) is 7.92. The van der Waals surface area contributed by atoms with E-state index in [0.29, 0.717) is 16.8 Å². The molecule has 2 aliphatic rings. The summed E-state index contributed by atoms with van der Waals surface area (Å²) >= 11 is 0. The summed E-state index contributed by atoms with van der Waals surface area (Å²) in [6, 6.07) is 22.2. The van der Waals surface area contributed by atoms with Crippen LogP contribution < -0.4 is 14.8 Å². The number of esters is 7. The van der Waals surface area contributed by atoms with E-state index in [0.717, 1.165) is 30.4 Å². The number of para-hydroxylation sites is 1. The van der Waals surface area contributed by atoms with E-state index in [1.54, 1.807) is 48.5 Å². The van der Waals surface area contributed by atoms with E-state index in [4.69, 9.17) is 14.2 Å². The number of carbonyl (C=O) groups excluding carboxylic acids is 8. The summed E-state index contributed by atoms with van der Waals surface area (Å²) < 4.78 is 25.4. The van der Waals surface area contributed by atoms with Crippen molar-refractivity contribution in [2.45, 2.75) is 13.5 Å². The Balaban J connectivity index is 1.19. The molecule has 2 aliphatic heterocycles. The predicted octanol–water partition coefficient (Wildman–Crippen LogP) is 5.24. The van der Waals surface area contributed by atoms with E-state index in [1.807, 2.05) is 6.07 Å². The van der Waals surface area contributed by atoms with Crippen LogP contribution in [-0.4, -0.2) is 47.7 Å². The first-order valence-corrected chi connectivity index (χ1v) is 15.8. The Morgan fingerprint density at radius 3 is 2.11 bits per heavy atom. The molecule has 4 aromatic rings. The molecule has 0 atom stereocenters. The van der Waals surface area contributed by atoms with Crippen molar-refractivity contribution in [3.8, 4) is 11.5 Å². The fourth-order valence-electron chi connectivity index (χ4n) is 4.99. The average Bonchev–Trinajstić information content (AvgIpc) is 3.59. The Morgan fingerprint density at radius 1 is 0.722 bits per heavy atom. The molecule has 0 aromatic heterocycles. The second-order valence-electron chi connectivity index (χ2n) is 11.5. The largest absolute Gasteiger partial charge is 0.457 e. The fraction of sp³-hybridized carbons (Fsp3) is 0.0500. The summed E-state index contributed by atoms with van der Waals surface area (Å²) in [6.45, 7) is 4.70. The molecule has 14 nitrogen and oxygen atoms in total. The molecule has 2 heterocycles. The maximum atomic E-state index is 13.4. The maximum absolute atomic E-state index is 13.4. The Hall–Kier alpha value is -7.74. The van der Waals surface area contributed by atoms with Gasteiger partial charge < -0.3 is 29.0 Å². The molecule has 4 aromatic carbocycles. The molecule has 0 spiro atoms. The average molecular weight is 728 g/mol. The van der Waals surface area contributed by atoms with Crippen molar-refractivity contribution in [1.29, 1.82) is 0 Å². The number of anilines is 1. The van der Waals surface area contributed by atoms with E-state index in [9.17, 15) is 38.4 Å². The van der Waals surface area contributed by atoms with Gasteiger partial charge in [0, 0.05) is 16.8 Å². The van der Waals surface area contributed by atoms with Gasteiger partial charge in [-0.3, -0.25) is 4.79 Å². The SMILES string of the molecule is C=C(/C=C\C1=C(C)C(=O)OC1=O)C(=O)Oc1ccc(OC(=O)c2ccc3c(c2)C(=O)OC3=O)cc1C(=O)OCc1ccc(C(=O)Nc2ccccc2)cc1. The van der Waals surface area contributed by atoms with Gasteiger partial charge in [-0.15, -0.1) is 0 Å². The van der Waals surface area contributed by atoms with Crippen LogP contribution in [0, 0.1) is 0 Å². The maximum Gasteiger partial charge on any atom is 0.346 e. The van der Waals surface area contributed by atoms with Crippen LogP contribution in [0.3, 0.4) is 0 Å². The summed E-state index contributed by atoms with van der Waals surface area (Å²) in [6.07, 6.45) is 2.29. The molecule has 1 amide bonds. The van der Waals surface area contributed by atoms with Gasteiger partial charge >= 0.3 is 41.8 Å². The summed E-state index contributed by atoms with van der Waals surface area (Å²) in [5, 5.41) is 2.77. The van der Waals surface area contributed by atoms with Crippen molar-refractivity contribution in [2.75, 3.05) is 5.32 Å². The summed E-state index contributed by atoms with van der Waals surface area (Å²) in [5.74, 6) is -7.38. The first-order valence-electron chi connectivity index (χ1n) is 15.8. The van der Waals surface area contributed by atoms with Gasteiger partial charge in [-0.05, 0) is 85.3 Å². The first-order chi connectivity index (χ1) is 25.9. The number of fused-ring (bicyclic) bond motifs is 1. The second kappa shape index (κ2) is 15.2. The minimum Gasteiger partial charge on any atom is -0.457 e. The summed E-state index contributed by atoms with van der Waals surface area (Å²) in [7, 11) is 0. The molecule has 0 saturated heterocycles. The van der Waals surface area contributed by atoms with Crippen molar-refractivity contribution in [3.05, 3.63) is 160 Å². The number of hydrogen-bond donors (Lipinski definition) is 1. The predicted molar refractivity (Wildman–Crippen MR) is 185 cm³/mol. The lowest BCUT2D eigenvalue weighted by atomic mass is 10.1. The summed E-state index contributed by atoms with van der Waals surface area (Å²) in [4.78, 5) is 99.4. The molecule has 0 unspecified atom stereocenters. The molecule has 0 saturated carbocycles. The quantitative estimate of drug-likeness (QED) is 0.0527. The zero-order chi connectivity index (χ0) is 38.5. The smallest absolute Gasteiger partial charge is 0.346 e. The van der Waals surface area contributed by atoms with Gasteiger partial charge in [0.15, 0.2) is 0 Å². The molecule has 6 rings (SSSR count). The molecule has 1 N–H and O–H groups in total. The number of cyclic esters (lactones) is 4. The van der Waals surface area contributed by atoms with Crippen LogP contribution in [0.4, 0.5) is 5.69 Å². The van der Waals surface area contributed by atoms with Crippen molar-refractivity contribution in [3.63, 3.8) is 0 Å². The number of carbonyl (C=O) groups is 8. The lowest BCUT2D eigenvalue weighted by Crippen LogP contribution is -2.15. The number of rotatable bonds is 11. The van der Waals surface area contributed by atoms with E-state index < -0.39 is 41.8 Å². The van der Waals surface area contributed by atoms with E-state index in [1.165, 1.54) is 25.1 Å². The Morgan fingerprint density at radius 2 is 1.41 bits per heavy atom. The fourth-order valence-corrected chi connectivity index (χ4v) is 4.99. The molecular weight excluding hydrogens is 702 g/mol. The molecule has 0 bridgehead atoms. The van der Waals surface area contributed by atoms with Crippen molar-refractivity contribution in [2.24, 2.45) is 0 Å². The highest BCUT2D eigenvalue weighted by molar-refractivity contribution is 6.16. The molecule has 0 aliphatic carbocycles. The van der Waals surface area contributed by atoms with Crippen LogP contribution in [0.15, 0.2) is 126 Å². The van der Waals surface area contributed by atoms with Gasteiger partial charge in [0.05, 0.1) is 27.8 Å². The van der Waals surface area contributed by atoms with E-state index in [-0.39, 0.29) is 63.0 Å². The molecular formula is C40H25NO13. The minimum atomic E-state index is -1.05. The van der Waals surface area contributed by atoms with E-state index in [2.05, 4.69) is 21.4 Å². The normalized spacial score (nSPS) is 13.3. The molecule has 268 valence electrons. The van der Waals surface area contributed by atoms with Crippen LogP contribution in [0.2, 0.25) is 0 Å². The second-order valence-corrected chi connectivity index (χ2v) is 11.5. The van der Waals surface area contributed by atoms with Gasteiger partial charge in [0.2, 0.25) is 0 Å². The Bertz CT molecular complexity index is 2370. The van der Waals surface area contributed by atoms with Crippen LogP contribution in [0.1, 0.15) is 64.3 Å². The standard InChI is InChI=1S/C40H25NO13/c1-21(8-15-28-22(2)35(44)53-38(28)47)34(43)52-32-17-14-27(51-36(45)25-13-16-29-30(18-25)40(49)54-39(29)48)19-31(32)37(46)50-20-23-9-11-24(12-10-23)33(42)41-26-6-4-3-5-7-26/h3-19H,1,20H2,2H3,(H,41,42)/b15-8-. The van der Waals surface area contributed by atoms with Gasteiger partial charge in [0.1, 0.15) is 23.7 Å².